The predicted molar refractivity (Wildman–Crippen MR) is 105 cm³/mol. The van der Waals surface area contributed by atoms with Crippen LogP contribution in [0.4, 0.5) is 0 Å². The van der Waals surface area contributed by atoms with Crippen LogP contribution in [0.25, 0.3) is 0 Å². The fourth-order valence-corrected chi connectivity index (χ4v) is 2.54. The van der Waals surface area contributed by atoms with Gasteiger partial charge in [-0.05, 0) is 22.9 Å². The van der Waals surface area contributed by atoms with Gasteiger partial charge in [0.25, 0.3) is 0 Å². The lowest BCUT2D eigenvalue weighted by Crippen LogP contribution is -2.17. The smallest absolute Gasteiger partial charge is 0.227 e. The van der Waals surface area contributed by atoms with Crippen LogP contribution in [0, 0.1) is 0 Å². The Morgan fingerprint density at radius 2 is 2.22 bits per heavy atom. The van der Waals surface area contributed by atoms with Gasteiger partial charge < -0.3 is 15.7 Å². The van der Waals surface area contributed by atoms with Crippen LogP contribution >= 0.6 is 23.4 Å². The number of carbonyl (C=O) groups is 1. The largest absolute Gasteiger partial charge is 0.386 e. The molecule has 0 aliphatic rings. The van der Waals surface area contributed by atoms with E-state index in [0.29, 0.717) is 22.4 Å². The first-order chi connectivity index (χ1) is 12.8. The van der Waals surface area contributed by atoms with Crippen LogP contribution in [0.3, 0.4) is 0 Å². The van der Waals surface area contributed by atoms with Crippen LogP contribution in [-0.4, -0.2) is 55.3 Å². The molecule has 9 nitrogen and oxygen atoms in total. The van der Waals surface area contributed by atoms with Crippen molar-refractivity contribution in [3.05, 3.63) is 52.3 Å². The van der Waals surface area contributed by atoms with Gasteiger partial charge in [0.05, 0.1) is 30.2 Å². The third-order valence-corrected chi connectivity index (χ3v) is 4.38. The van der Waals surface area contributed by atoms with Gasteiger partial charge in [-0.2, -0.15) is 4.80 Å². The number of amides is 1. The van der Waals surface area contributed by atoms with Gasteiger partial charge in [0, 0.05) is 12.1 Å². The highest BCUT2D eigenvalue weighted by Gasteiger charge is 2.12. The van der Waals surface area contributed by atoms with Crippen LogP contribution in [0.2, 0.25) is 5.02 Å². The fourth-order valence-electron chi connectivity index (χ4n) is 1.98. The Kier molecular flexibility index (Phi) is 7.77. The maximum Gasteiger partial charge on any atom is 0.227 e. The molecule has 0 aliphatic heterocycles. The van der Waals surface area contributed by atoms with Crippen molar-refractivity contribution in [1.29, 1.82) is 0 Å². The molecule has 2 aromatic rings. The van der Waals surface area contributed by atoms with Crippen molar-refractivity contribution in [1.82, 2.24) is 25.1 Å². The monoisotopic (exact) mass is 409 g/mol. The number of nitrogens with zero attached hydrogens (tertiary/aromatic N) is 6. The molecule has 0 spiro atoms. The third-order valence-electron chi connectivity index (χ3n) is 3.26. The maximum atomic E-state index is 10.7. The quantitative estimate of drug-likeness (QED) is 0.446. The first kappa shape index (κ1) is 20.9. The van der Waals surface area contributed by atoms with E-state index in [1.807, 2.05) is 0 Å². The molecule has 1 aromatic heterocycles. The number of hydrogen-bond donors (Lipinski definition) is 2. The Hall–Kier alpha value is -2.43. The highest BCUT2D eigenvalue weighted by Crippen LogP contribution is 2.17. The number of tetrazole rings is 1. The highest BCUT2D eigenvalue weighted by molar-refractivity contribution is 8.03. The van der Waals surface area contributed by atoms with Crippen LogP contribution in [-0.2, 0) is 17.9 Å². The summed E-state index contributed by atoms with van der Waals surface area (Å²) in [5, 5.41) is 23.5. The maximum absolute atomic E-state index is 10.7. The van der Waals surface area contributed by atoms with Gasteiger partial charge in [-0.25, -0.2) is 4.99 Å². The average molecular weight is 410 g/mol. The number of aliphatic hydroxyl groups is 1. The van der Waals surface area contributed by atoms with Crippen molar-refractivity contribution in [3.8, 4) is 0 Å². The molecule has 0 aliphatic carbocycles. The number of primary amides is 1. The molecular weight excluding hydrogens is 390 g/mol. The molecular formula is C16H20ClN7O2S. The van der Waals surface area contributed by atoms with Gasteiger partial charge in [-0.1, -0.05) is 42.1 Å². The van der Waals surface area contributed by atoms with Gasteiger partial charge in [-0.15, -0.1) is 10.2 Å². The van der Waals surface area contributed by atoms with E-state index in [-0.39, 0.29) is 12.3 Å². The number of nitrogens with two attached hydrogens (primary N) is 1. The van der Waals surface area contributed by atoms with E-state index in [0.717, 1.165) is 5.56 Å². The van der Waals surface area contributed by atoms with E-state index >= 15 is 0 Å². The number of thioether (sulfide) groups is 1. The molecule has 0 saturated carbocycles. The van der Waals surface area contributed by atoms with Gasteiger partial charge >= 0.3 is 0 Å². The van der Waals surface area contributed by atoms with Crippen molar-refractivity contribution in [2.24, 2.45) is 10.7 Å². The van der Waals surface area contributed by atoms with E-state index in [1.54, 1.807) is 42.6 Å². The lowest BCUT2D eigenvalue weighted by molar-refractivity contribution is -0.115. The zero-order valence-corrected chi connectivity index (χ0v) is 16.3. The fraction of sp³-hybridized carbons (Fsp3) is 0.312. The number of aromatic nitrogens is 4. The summed E-state index contributed by atoms with van der Waals surface area (Å²) in [7, 11) is 1.79. The van der Waals surface area contributed by atoms with Gasteiger partial charge in [0.2, 0.25) is 5.91 Å². The normalized spacial score (nSPS) is 12.3. The third kappa shape index (κ3) is 7.37. The summed E-state index contributed by atoms with van der Waals surface area (Å²) in [4.78, 5) is 17.9. The summed E-state index contributed by atoms with van der Waals surface area (Å²) in [5.74, 6) is 0.181. The second-order valence-corrected chi connectivity index (χ2v) is 7.12. The van der Waals surface area contributed by atoms with Crippen LogP contribution < -0.4 is 5.73 Å². The number of halogens is 1. The first-order valence-electron chi connectivity index (χ1n) is 7.88. The molecule has 0 radical (unpaired) electrons. The predicted octanol–water partition coefficient (Wildman–Crippen LogP) is 1.21. The van der Waals surface area contributed by atoms with E-state index in [4.69, 9.17) is 17.3 Å². The van der Waals surface area contributed by atoms with E-state index in [2.05, 4.69) is 27.0 Å². The lowest BCUT2D eigenvalue weighted by Gasteiger charge is -2.10. The molecule has 1 atom stereocenters. The molecule has 1 heterocycles. The second-order valence-electron chi connectivity index (χ2n) is 5.64. The zero-order chi connectivity index (χ0) is 19.8. The van der Waals surface area contributed by atoms with Crippen molar-refractivity contribution >= 4 is 35.6 Å². The molecule has 27 heavy (non-hydrogen) atoms. The molecule has 11 heteroatoms. The van der Waals surface area contributed by atoms with E-state index < -0.39 is 12.0 Å². The van der Waals surface area contributed by atoms with Crippen molar-refractivity contribution < 1.29 is 9.90 Å². The Morgan fingerprint density at radius 1 is 1.52 bits per heavy atom. The average Bonchev–Trinajstić information content (AvgIpc) is 3.05. The molecule has 0 fully saturated rings. The first-order valence-corrected chi connectivity index (χ1v) is 9.24. The van der Waals surface area contributed by atoms with Gasteiger partial charge in [0.1, 0.15) is 6.10 Å². The summed E-state index contributed by atoms with van der Waals surface area (Å²) in [6, 6.07) is 6.92. The summed E-state index contributed by atoms with van der Waals surface area (Å²) in [6.07, 6.45) is 0.786. The van der Waals surface area contributed by atoms with Gasteiger partial charge in [0.15, 0.2) is 5.82 Å². The summed E-state index contributed by atoms with van der Waals surface area (Å²) in [6.45, 7) is 4.27. The minimum Gasteiger partial charge on any atom is -0.386 e. The zero-order valence-electron chi connectivity index (χ0n) is 14.7. The SMILES string of the molecule is C=C(/N=C\N(C)Cc1nnn(C[C@H](O)c2ccc(Cl)cc2)n1)SCC(N)=O. The number of aliphatic hydroxyl groups excluding tert-OH is 1. The number of aliphatic imine (C=N–C) groups is 1. The summed E-state index contributed by atoms with van der Waals surface area (Å²) >= 11 is 7.01. The van der Waals surface area contributed by atoms with Crippen molar-refractivity contribution in [2.45, 2.75) is 19.2 Å². The number of hydrogen-bond acceptors (Lipinski definition) is 7. The standard InChI is InChI=1S/C16H20ClN7O2S/c1-11(27-9-15(18)26)19-10-23(2)8-16-20-22-24(21-16)7-14(25)12-3-5-13(17)6-4-12/h3-6,10,14,25H,1,7-9H2,2H3,(H2,18,26)/b19-10-/t14-/m0/s1. The minimum absolute atomic E-state index is 0.131. The number of rotatable bonds is 10. The molecule has 0 saturated heterocycles. The Bertz CT molecular complexity index is 809. The Labute approximate surface area is 165 Å². The highest BCUT2D eigenvalue weighted by atomic mass is 35.5. The van der Waals surface area contributed by atoms with Crippen LogP contribution in [0.15, 0.2) is 40.9 Å². The van der Waals surface area contributed by atoms with E-state index in [9.17, 15) is 9.90 Å². The lowest BCUT2D eigenvalue weighted by atomic mass is 10.1. The summed E-state index contributed by atoms with van der Waals surface area (Å²) in [5.41, 5.74) is 5.78. The Morgan fingerprint density at radius 3 is 2.89 bits per heavy atom. The van der Waals surface area contributed by atoms with Crippen molar-refractivity contribution in [3.63, 3.8) is 0 Å². The second kappa shape index (κ2) is 10.0. The van der Waals surface area contributed by atoms with Crippen molar-refractivity contribution in [2.75, 3.05) is 12.8 Å². The Balaban J connectivity index is 1.85. The van der Waals surface area contributed by atoms with Crippen LogP contribution in [0.1, 0.15) is 17.5 Å². The molecule has 1 aromatic carbocycles. The van der Waals surface area contributed by atoms with Gasteiger partial charge in [-0.3, -0.25) is 4.79 Å². The topological polar surface area (TPSA) is 123 Å². The molecule has 1 amide bonds. The number of benzene rings is 1. The number of carbonyl (C=O) groups excluding carboxylic acids is 1. The molecule has 3 N–H and O–H groups in total. The molecule has 0 unspecified atom stereocenters. The van der Waals surface area contributed by atoms with Crippen LogP contribution in [0.5, 0.6) is 0 Å². The minimum atomic E-state index is -0.769. The van der Waals surface area contributed by atoms with E-state index in [1.165, 1.54) is 16.6 Å². The molecule has 144 valence electrons. The molecule has 0 bridgehead atoms. The molecule has 2 rings (SSSR count). The summed E-state index contributed by atoms with van der Waals surface area (Å²) < 4.78 is 0.